The van der Waals surface area contributed by atoms with Crippen molar-refractivity contribution in [1.82, 2.24) is 0 Å². The van der Waals surface area contributed by atoms with Gasteiger partial charge < -0.3 is 19.3 Å². The van der Waals surface area contributed by atoms with Gasteiger partial charge in [0.1, 0.15) is 0 Å². The van der Waals surface area contributed by atoms with Crippen LogP contribution >= 0.6 is 0 Å². The maximum atomic E-state index is 6.06. The van der Waals surface area contributed by atoms with Gasteiger partial charge in [0.05, 0.1) is 12.5 Å². The first-order valence-electron chi connectivity index (χ1n) is 16.9. The van der Waals surface area contributed by atoms with Crippen LogP contribution in [0.1, 0.15) is 0 Å². The third-order valence-electron chi connectivity index (χ3n) is 9.01. The number of nitrogens with zero attached hydrogens (tertiary/aromatic N) is 2. The van der Waals surface area contributed by atoms with Gasteiger partial charge in [-0.1, -0.05) is 121 Å². The smallest absolute Gasteiger partial charge is 0.195 e. The molecule has 0 aliphatic carbocycles. The minimum Gasteiger partial charge on any atom is -0.474 e. The van der Waals surface area contributed by atoms with Crippen molar-refractivity contribution in [1.29, 1.82) is 0 Å². The first-order chi connectivity index (χ1) is 24.8. The lowest BCUT2D eigenvalue weighted by Crippen LogP contribution is -2.31. The fourth-order valence-corrected chi connectivity index (χ4v) is 6.45. The molecule has 0 radical (unpaired) electrons. The van der Waals surface area contributed by atoms with Crippen LogP contribution in [0.15, 0.2) is 207 Å². The van der Waals surface area contributed by atoms with E-state index in [1.165, 1.54) is 22.3 Å². The third-order valence-corrected chi connectivity index (χ3v) is 9.01. The molecule has 4 heteroatoms. The Morgan fingerprint density at radius 3 is 0.840 bits per heavy atom. The highest BCUT2D eigenvalue weighted by Gasteiger charge is 2.22. The molecular weight excluding hydrogens is 613 g/mol. The zero-order valence-corrected chi connectivity index (χ0v) is 27.5. The predicted octanol–water partition coefficient (Wildman–Crippen LogP) is 11.8. The van der Waals surface area contributed by atoms with E-state index in [9.17, 15) is 0 Å². The van der Waals surface area contributed by atoms with Gasteiger partial charge in [-0.2, -0.15) is 0 Å². The normalized spacial score (nSPS) is 16.0. The summed E-state index contributed by atoms with van der Waals surface area (Å²) in [6.45, 7) is 0. The lowest BCUT2D eigenvalue weighted by molar-refractivity contribution is 0.188. The molecule has 0 amide bonds. The van der Waals surface area contributed by atoms with Crippen molar-refractivity contribution in [2.24, 2.45) is 0 Å². The molecule has 0 bridgehead atoms. The molecule has 2 aliphatic rings. The van der Waals surface area contributed by atoms with Gasteiger partial charge in [-0.05, 0) is 106 Å². The molecule has 0 saturated heterocycles. The van der Waals surface area contributed by atoms with Crippen LogP contribution in [0.2, 0.25) is 0 Å². The van der Waals surface area contributed by atoms with Crippen LogP contribution in [-0.4, -0.2) is 12.5 Å². The second-order valence-corrected chi connectivity index (χ2v) is 12.1. The van der Waals surface area contributed by atoms with E-state index in [0.717, 1.165) is 33.9 Å². The lowest BCUT2D eigenvalue weighted by atomic mass is 10.0. The monoisotopic (exact) mass is 648 g/mol. The van der Waals surface area contributed by atoms with Crippen LogP contribution in [0, 0.1) is 0 Å². The van der Waals surface area contributed by atoms with Gasteiger partial charge in [-0.25, -0.2) is 0 Å². The van der Waals surface area contributed by atoms with Crippen molar-refractivity contribution < 1.29 is 9.47 Å². The molecule has 0 spiro atoms. The molecule has 242 valence electrons. The maximum Gasteiger partial charge on any atom is 0.195 e. The summed E-state index contributed by atoms with van der Waals surface area (Å²) in [5, 5.41) is 0. The second-order valence-electron chi connectivity index (χ2n) is 12.1. The van der Waals surface area contributed by atoms with E-state index in [1.807, 2.05) is 36.4 Å². The number of hydrogen-bond donors (Lipinski definition) is 0. The van der Waals surface area contributed by atoms with Gasteiger partial charge >= 0.3 is 0 Å². The Bertz CT molecular complexity index is 1980. The number of rotatable bonds is 9. The van der Waals surface area contributed by atoms with Crippen molar-refractivity contribution >= 4 is 22.7 Å². The van der Waals surface area contributed by atoms with Crippen LogP contribution in [0.3, 0.4) is 0 Å². The van der Waals surface area contributed by atoms with Gasteiger partial charge in [0.15, 0.2) is 12.5 Å². The Morgan fingerprint density at radius 1 is 0.300 bits per heavy atom. The summed E-state index contributed by atoms with van der Waals surface area (Å²) in [7, 11) is 0. The summed E-state index contributed by atoms with van der Waals surface area (Å²) in [4.78, 5) is 4.43. The molecule has 0 aromatic heterocycles. The van der Waals surface area contributed by atoms with Crippen molar-refractivity contribution in [3.63, 3.8) is 0 Å². The van der Waals surface area contributed by atoms with Crippen molar-refractivity contribution in [2.75, 3.05) is 9.80 Å². The van der Waals surface area contributed by atoms with Crippen molar-refractivity contribution in [3.8, 4) is 33.4 Å². The first kappa shape index (κ1) is 30.8. The Labute approximate surface area is 293 Å². The van der Waals surface area contributed by atoms with Crippen molar-refractivity contribution in [3.05, 3.63) is 207 Å². The highest BCUT2D eigenvalue weighted by molar-refractivity contribution is 5.76. The summed E-state index contributed by atoms with van der Waals surface area (Å²) < 4.78 is 12.1. The largest absolute Gasteiger partial charge is 0.474 e. The fourth-order valence-electron chi connectivity index (χ4n) is 6.45. The number of anilines is 4. The zero-order chi connectivity index (χ0) is 33.5. The van der Waals surface area contributed by atoms with Gasteiger partial charge in [0, 0.05) is 22.7 Å². The van der Waals surface area contributed by atoms with Gasteiger partial charge in [-0.15, -0.1) is 0 Å². The van der Waals surface area contributed by atoms with E-state index in [4.69, 9.17) is 9.47 Å². The molecule has 6 aromatic carbocycles. The van der Waals surface area contributed by atoms with Gasteiger partial charge in [-0.3, -0.25) is 0 Å². The molecule has 0 fully saturated rings. The minimum atomic E-state index is -0.258. The topological polar surface area (TPSA) is 24.9 Å². The van der Waals surface area contributed by atoms with E-state index in [0.29, 0.717) is 0 Å². The van der Waals surface area contributed by atoms with Gasteiger partial charge in [0.2, 0.25) is 0 Å². The van der Waals surface area contributed by atoms with Crippen LogP contribution in [-0.2, 0) is 9.47 Å². The summed E-state index contributed by atoms with van der Waals surface area (Å²) in [5.41, 5.74) is 11.2. The Hall–Kier alpha value is -6.52. The third kappa shape index (κ3) is 6.60. The Morgan fingerprint density at radius 2 is 0.580 bits per heavy atom. The average Bonchev–Trinajstić information content (AvgIpc) is 3.21. The SMILES string of the molecule is C1=COC(N(c2ccc(-c3ccccc3)cc2)c2ccc(-c3ccc(N(c4ccc(-c5ccccc5)cc4)C4C=CC=CO4)cc3)cc2)C=C1. The predicted molar refractivity (Wildman–Crippen MR) is 206 cm³/mol. The van der Waals surface area contributed by atoms with Gasteiger partial charge in [0.25, 0.3) is 0 Å². The Kier molecular flexibility index (Phi) is 8.81. The number of ether oxygens (including phenoxy) is 2. The highest BCUT2D eigenvalue weighted by atomic mass is 16.5. The molecule has 2 atom stereocenters. The molecule has 8 rings (SSSR count). The van der Waals surface area contributed by atoms with Crippen LogP contribution < -0.4 is 9.80 Å². The molecule has 50 heavy (non-hydrogen) atoms. The van der Waals surface area contributed by atoms with E-state index in [1.54, 1.807) is 12.5 Å². The van der Waals surface area contributed by atoms with E-state index in [2.05, 4.69) is 168 Å². The summed E-state index contributed by atoms with van der Waals surface area (Å²) in [6, 6.07) is 55.6. The second kappa shape index (κ2) is 14.3. The summed E-state index contributed by atoms with van der Waals surface area (Å²) in [6.07, 6.45) is 15.0. The molecule has 2 heterocycles. The number of hydrogen-bond acceptors (Lipinski definition) is 4. The van der Waals surface area contributed by atoms with Crippen LogP contribution in [0.5, 0.6) is 0 Å². The Balaban J connectivity index is 1.05. The molecule has 2 unspecified atom stereocenters. The molecule has 6 aromatic rings. The molecular formula is C46H36N2O2. The number of benzene rings is 6. The van der Waals surface area contributed by atoms with Crippen LogP contribution in [0.4, 0.5) is 22.7 Å². The molecule has 4 nitrogen and oxygen atoms in total. The van der Waals surface area contributed by atoms with E-state index in [-0.39, 0.29) is 12.5 Å². The highest BCUT2D eigenvalue weighted by Crippen LogP contribution is 2.36. The van der Waals surface area contributed by atoms with E-state index < -0.39 is 0 Å². The number of allylic oxidation sites excluding steroid dienone is 4. The summed E-state index contributed by atoms with van der Waals surface area (Å²) >= 11 is 0. The van der Waals surface area contributed by atoms with Crippen molar-refractivity contribution in [2.45, 2.75) is 12.5 Å². The standard InChI is InChI=1S/C46H36N2O2/c1-3-11-35(12-4-1)37-17-25-41(26-18-37)47(45-15-7-9-33-49-45)43-29-21-39(22-30-43)40-23-31-44(32-24-40)48(46-16-8-10-34-50-46)42-27-19-38(20-28-42)36-13-5-2-6-14-36/h1-34,45-46H. The zero-order valence-electron chi connectivity index (χ0n) is 27.5. The lowest BCUT2D eigenvalue weighted by Gasteiger charge is -2.32. The minimum absolute atomic E-state index is 0.258. The quantitative estimate of drug-likeness (QED) is 0.156. The molecule has 2 aliphatic heterocycles. The first-order valence-corrected chi connectivity index (χ1v) is 16.9. The van der Waals surface area contributed by atoms with E-state index >= 15 is 0 Å². The maximum absolute atomic E-state index is 6.06. The molecule has 0 N–H and O–H groups in total. The molecule has 0 saturated carbocycles. The fraction of sp³-hybridized carbons (Fsp3) is 0.0435. The van der Waals surface area contributed by atoms with Crippen LogP contribution in [0.25, 0.3) is 33.4 Å². The summed E-state index contributed by atoms with van der Waals surface area (Å²) in [5.74, 6) is 0. The average molecular weight is 649 g/mol.